The second-order valence-electron chi connectivity index (χ2n) is 16.0. The molecule has 0 bridgehead atoms. The first-order valence-corrected chi connectivity index (χ1v) is 22.9. The fourth-order valence-corrected chi connectivity index (χ4v) is 7.43. The third-order valence-electron chi connectivity index (χ3n) is 11.0. The smallest absolute Gasteiger partial charge is 0.217 e. The molecule has 0 aliphatic heterocycles. The van der Waals surface area contributed by atoms with Gasteiger partial charge in [-0.25, -0.2) is 0 Å². The first-order valence-electron chi connectivity index (χ1n) is 22.9. The van der Waals surface area contributed by atoms with Crippen molar-refractivity contribution in [3.63, 3.8) is 0 Å². The normalized spacial score (nSPS) is 11.9. The van der Waals surface area contributed by atoms with E-state index in [4.69, 9.17) is 11.5 Å². The standard InChI is InChI=1S/C47H90N2O2/c1-2-45(41-37-33-29-25-21-17-13-9-5-3-7-11-15-19-23-27-31-35-39-43-46(48)50)42-38-34-30-26-22-18-14-10-6-4-8-12-16-20-24-28-32-36-40-44-47(49)51/h5-6,9-10,45H,2-4,7-8,11-44H2,1H3,(H2,48,50)(H2,49,51)/b9-5-,10-6-. The molecular formula is C47H90N2O2. The van der Waals surface area contributed by atoms with E-state index in [-0.39, 0.29) is 11.8 Å². The van der Waals surface area contributed by atoms with Crippen LogP contribution in [0.2, 0.25) is 0 Å². The van der Waals surface area contributed by atoms with E-state index >= 15 is 0 Å². The summed E-state index contributed by atoms with van der Waals surface area (Å²) in [6, 6.07) is 0. The van der Waals surface area contributed by atoms with Crippen molar-refractivity contribution in [2.75, 3.05) is 0 Å². The lowest BCUT2D eigenvalue weighted by molar-refractivity contribution is -0.119. The van der Waals surface area contributed by atoms with E-state index in [0.29, 0.717) is 12.8 Å². The van der Waals surface area contributed by atoms with Crippen molar-refractivity contribution in [1.82, 2.24) is 0 Å². The van der Waals surface area contributed by atoms with Crippen LogP contribution >= 0.6 is 0 Å². The van der Waals surface area contributed by atoms with Crippen molar-refractivity contribution >= 4 is 11.8 Å². The largest absolute Gasteiger partial charge is 0.370 e. The molecule has 0 aromatic heterocycles. The molecule has 0 spiro atoms. The van der Waals surface area contributed by atoms with Gasteiger partial charge < -0.3 is 11.5 Å². The third-order valence-corrected chi connectivity index (χ3v) is 11.0. The van der Waals surface area contributed by atoms with Crippen LogP contribution in [0.4, 0.5) is 0 Å². The summed E-state index contributed by atoms with van der Waals surface area (Å²) in [6.07, 6.45) is 60.3. The van der Waals surface area contributed by atoms with Gasteiger partial charge in [0.05, 0.1) is 0 Å². The number of hydrogen-bond acceptors (Lipinski definition) is 2. The first kappa shape index (κ1) is 49.4. The molecule has 0 aromatic rings. The highest BCUT2D eigenvalue weighted by atomic mass is 16.1. The number of hydrogen-bond donors (Lipinski definition) is 2. The lowest BCUT2D eigenvalue weighted by Crippen LogP contribution is -2.09. The Bertz CT molecular complexity index is 714. The van der Waals surface area contributed by atoms with Crippen LogP contribution < -0.4 is 11.5 Å². The topological polar surface area (TPSA) is 86.2 Å². The number of nitrogens with two attached hydrogens (primary N) is 2. The number of rotatable bonds is 43. The molecule has 0 aliphatic carbocycles. The van der Waals surface area contributed by atoms with E-state index in [0.717, 1.165) is 31.6 Å². The van der Waals surface area contributed by atoms with Crippen molar-refractivity contribution in [2.24, 2.45) is 17.4 Å². The molecule has 51 heavy (non-hydrogen) atoms. The van der Waals surface area contributed by atoms with Gasteiger partial charge in [0, 0.05) is 12.8 Å². The van der Waals surface area contributed by atoms with Crippen LogP contribution in [0.1, 0.15) is 257 Å². The Kier molecular flexibility index (Phi) is 41.5. The summed E-state index contributed by atoms with van der Waals surface area (Å²) in [5.41, 5.74) is 10.4. The monoisotopic (exact) mass is 715 g/mol. The maximum atomic E-state index is 10.7. The first-order chi connectivity index (χ1) is 25.1. The van der Waals surface area contributed by atoms with Crippen molar-refractivity contribution in [2.45, 2.75) is 257 Å². The van der Waals surface area contributed by atoms with Gasteiger partial charge in [-0.05, 0) is 70.1 Å². The van der Waals surface area contributed by atoms with Crippen LogP contribution in [0.3, 0.4) is 0 Å². The Labute approximate surface area is 319 Å². The molecule has 0 aliphatic rings. The molecule has 0 saturated heterocycles. The summed E-state index contributed by atoms with van der Waals surface area (Å²) in [4.78, 5) is 21.5. The Hall–Kier alpha value is -1.58. The molecule has 0 radical (unpaired) electrons. The summed E-state index contributed by atoms with van der Waals surface area (Å²) >= 11 is 0. The zero-order valence-electron chi connectivity index (χ0n) is 34.4. The zero-order valence-corrected chi connectivity index (χ0v) is 34.4. The summed E-state index contributed by atoms with van der Waals surface area (Å²) in [5.74, 6) is 0.656. The van der Waals surface area contributed by atoms with Crippen molar-refractivity contribution < 1.29 is 9.59 Å². The maximum absolute atomic E-state index is 10.7. The molecule has 0 fully saturated rings. The summed E-state index contributed by atoms with van der Waals surface area (Å²) in [5, 5.41) is 0. The number of unbranched alkanes of at least 4 members (excludes halogenated alkanes) is 30. The molecule has 0 aromatic carbocycles. The molecule has 0 saturated carbocycles. The summed E-state index contributed by atoms with van der Waals surface area (Å²) < 4.78 is 0. The van der Waals surface area contributed by atoms with Gasteiger partial charge in [0.25, 0.3) is 0 Å². The fraction of sp³-hybridized carbons (Fsp3) is 0.872. The number of allylic oxidation sites excluding steroid dienone is 4. The summed E-state index contributed by atoms with van der Waals surface area (Å²) in [7, 11) is 0. The molecule has 0 rings (SSSR count). The average Bonchev–Trinajstić information content (AvgIpc) is 3.11. The lowest BCUT2D eigenvalue weighted by Gasteiger charge is -2.14. The fourth-order valence-electron chi connectivity index (χ4n) is 7.43. The van der Waals surface area contributed by atoms with Gasteiger partial charge in [-0.15, -0.1) is 0 Å². The van der Waals surface area contributed by atoms with Crippen molar-refractivity contribution in [3.05, 3.63) is 24.3 Å². The van der Waals surface area contributed by atoms with Crippen LogP contribution in [-0.4, -0.2) is 11.8 Å². The minimum atomic E-state index is -0.156. The Balaban J connectivity index is 3.33. The highest BCUT2D eigenvalue weighted by molar-refractivity contribution is 5.73. The second kappa shape index (κ2) is 42.8. The molecule has 4 nitrogen and oxygen atoms in total. The van der Waals surface area contributed by atoms with E-state index in [9.17, 15) is 9.59 Å². The Morgan fingerprint density at radius 3 is 0.804 bits per heavy atom. The molecule has 0 atom stereocenters. The van der Waals surface area contributed by atoms with E-state index in [1.165, 1.54) is 212 Å². The van der Waals surface area contributed by atoms with Gasteiger partial charge in [-0.2, -0.15) is 0 Å². The van der Waals surface area contributed by atoms with Gasteiger partial charge in [-0.1, -0.05) is 205 Å². The maximum Gasteiger partial charge on any atom is 0.217 e. The quantitative estimate of drug-likeness (QED) is 0.0486. The SMILES string of the molecule is CCC(CCCCCCCC/C=C\CCCCCCCCCCCC(N)=O)CCCCCCCC/C=C\CCCCCCCCCCCC(N)=O. The molecule has 0 heterocycles. The Morgan fingerprint density at radius 1 is 0.353 bits per heavy atom. The van der Waals surface area contributed by atoms with Crippen LogP contribution in [-0.2, 0) is 9.59 Å². The molecule has 2 amide bonds. The van der Waals surface area contributed by atoms with Gasteiger partial charge in [-0.3, -0.25) is 9.59 Å². The van der Waals surface area contributed by atoms with E-state index in [1.54, 1.807) is 0 Å². The van der Waals surface area contributed by atoms with Crippen LogP contribution in [0.15, 0.2) is 24.3 Å². The predicted molar refractivity (Wildman–Crippen MR) is 226 cm³/mol. The number of carbonyl (C=O) groups is 2. The van der Waals surface area contributed by atoms with Gasteiger partial charge in [0.2, 0.25) is 11.8 Å². The van der Waals surface area contributed by atoms with Crippen molar-refractivity contribution in [1.29, 1.82) is 0 Å². The molecule has 4 heteroatoms. The summed E-state index contributed by atoms with van der Waals surface area (Å²) in [6.45, 7) is 2.41. The van der Waals surface area contributed by atoms with E-state index in [2.05, 4.69) is 31.2 Å². The number of carbonyl (C=O) groups excluding carboxylic acids is 2. The lowest BCUT2D eigenvalue weighted by atomic mass is 9.92. The van der Waals surface area contributed by atoms with Gasteiger partial charge in [0.15, 0.2) is 0 Å². The van der Waals surface area contributed by atoms with Gasteiger partial charge in [0.1, 0.15) is 0 Å². The van der Waals surface area contributed by atoms with E-state index in [1.807, 2.05) is 0 Å². The molecule has 300 valence electrons. The molecular weight excluding hydrogens is 625 g/mol. The minimum Gasteiger partial charge on any atom is -0.370 e. The van der Waals surface area contributed by atoms with Crippen LogP contribution in [0.25, 0.3) is 0 Å². The molecule has 0 unspecified atom stereocenters. The van der Waals surface area contributed by atoms with Crippen LogP contribution in [0, 0.1) is 5.92 Å². The molecule has 4 N–H and O–H groups in total. The highest BCUT2D eigenvalue weighted by Gasteiger charge is 2.06. The van der Waals surface area contributed by atoms with Gasteiger partial charge >= 0.3 is 0 Å². The zero-order chi connectivity index (χ0) is 37.1. The highest BCUT2D eigenvalue weighted by Crippen LogP contribution is 2.22. The van der Waals surface area contributed by atoms with E-state index < -0.39 is 0 Å². The second-order valence-corrected chi connectivity index (χ2v) is 16.0. The van der Waals surface area contributed by atoms with Crippen molar-refractivity contribution in [3.8, 4) is 0 Å². The average molecular weight is 715 g/mol. The number of primary amides is 2. The number of amides is 2. The van der Waals surface area contributed by atoms with Crippen LogP contribution in [0.5, 0.6) is 0 Å². The third kappa shape index (κ3) is 44.5. The Morgan fingerprint density at radius 2 is 0.569 bits per heavy atom. The minimum absolute atomic E-state index is 0.156. The predicted octanol–water partition coefficient (Wildman–Crippen LogP) is 14.9.